The number of benzene rings is 1. The molecule has 0 spiro atoms. The molecular formula is C30H38N6O5. The van der Waals surface area contributed by atoms with Gasteiger partial charge >= 0.3 is 12.1 Å². The molecule has 218 valence electrons. The van der Waals surface area contributed by atoms with Crippen molar-refractivity contribution in [3.63, 3.8) is 0 Å². The van der Waals surface area contributed by atoms with Crippen molar-refractivity contribution >= 4 is 35.2 Å². The van der Waals surface area contributed by atoms with E-state index in [1.54, 1.807) is 30.2 Å². The molecule has 5 rings (SSSR count). The lowest BCUT2D eigenvalue weighted by atomic mass is 10.0. The first kappa shape index (κ1) is 28.3. The molecule has 2 fully saturated rings. The number of urea groups is 1. The minimum atomic E-state index is -0.532. The number of imide groups is 1. The van der Waals surface area contributed by atoms with Gasteiger partial charge in [-0.2, -0.15) is 0 Å². The van der Waals surface area contributed by atoms with Crippen LogP contribution in [0.5, 0.6) is 5.75 Å². The third-order valence-corrected chi connectivity index (χ3v) is 7.62. The third kappa shape index (κ3) is 5.94. The Labute approximate surface area is 240 Å². The van der Waals surface area contributed by atoms with Gasteiger partial charge in [-0.05, 0) is 63.4 Å². The lowest BCUT2D eigenvalue weighted by Crippen LogP contribution is -2.52. The number of pyridine rings is 1. The number of carbonyl (C=O) groups excluding carboxylic acids is 3. The van der Waals surface area contributed by atoms with Crippen LogP contribution in [0.25, 0.3) is 5.65 Å². The van der Waals surface area contributed by atoms with Gasteiger partial charge < -0.3 is 19.3 Å². The number of nitrogens with zero attached hydrogens (tertiary/aromatic N) is 6. The van der Waals surface area contributed by atoms with Crippen molar-refractivity contribution in [2.75, 3.05) is 43.6 Å². The summed E-state index contributed by atoms with van der Waals surface area (Å²) in [4.78, 5) is 50.4. The Kier molecular flexibility index (Phi) is 7.79. The Morgan fingerprint density at radius 2 is 1.78 bits per heavy atom. The van der Waals surface area contributed by atoms with Gasteiger partial charge in [0.05, 0.1) is 25.5 Å². The van der Waals surface area contributed by atoms with Crippen LogP contribution in [-0.4, -0.2) is 82.7 Å². The molecule has 2 aromatic heterocycles. The fourth-order valence-electron chi connectivity index (χ4n) is 5.38. The molecule has 0 unspecified atom stereocenters. The molecule has 0 atom stereocenters. The number of aromatic nitrogens is 2. The molecule has 2 saturated heterocycles. The topological polar surface area (TPSA) is 99.9 Å². The van der Waals surface area contributed by atoms with Crippen LogP contribution in [0.3, 0.4) is 0 Å². The zero-order chi connectivity index (χ0) is 29.3. The summed E-state index contributed by atoms with van der Waals surface area (Å²) >= 11 is 0. The van der Waals surface area contributed by atoms with Crippen LogP contribution in [-0.2, 0) is 16.1 Å². The molecule has 4 amide bonds. The van der Waals surface area contributed by atoms with E-state index in [4.69, 9.17) is 14.5 Å². The summed E-state index contributed by atoms with van der Waals surface area (Å²) in [5.74, 6) is 1.14. The van der Waals surface area contributed by atoms with Gasteiger partial charge in [0.2, 0.25) is 5.91 Å². The largest absolute Gasteiger partial charge is 0.497 e. The van der Waals surface area contributed by atoms with Gasteiger partial charge in [-0.3, -0.25) is 19.0 Å². The van der Waals surface area contributed by atoms with Crippen molar-refractivity contribution in [3.05, 3.63) is 54.4 Å². The molecule has 11 nitrogen and oxygen atoms in total. The number of imidazole rings is 1. The number of rotatable bonds is 6. The Bertz CT molecular complexity index is 1420. The molecule has 2 aliphatic heterocycles. The Hall–Kier alpha value is -4.28. The van der Waals surface area contributed by atoms with Crippen molar-refractivity contribution in [1.29, 1.82) is 0 Å². The number of amides is 4. The fourth-order valence-corrected chi connectivity index (χ4v) is 5.38. The van der Waals surface area contributed by atoms with Crippen LogP contribution in [0, 0.1) is 0 Å². The minimum Gasteiger partial charge on any atom is -0.497 e. The maximum Gasteiger partial charge on any atom is 0.410 e. The van der Waals surface area contributed by atoms with Gasteiger partial charge in [-0.1, -0.05) is 12.1 Å². The first-order valence-corrected chi connectivity index (χ1v) is 14.0. The number of fused-ring (bicyclic) bond motifs is 1. The summed E-state index contributed by atoms with van der Waals surface area (Å²) in [5, 5.41) is 0. The summed E-state index contributed by atoms with van der Waals surface area (Å²) < 4.78 is 12.7. The number of anilines is 2. The second kappa shape index (κ2) is 11.3. The average molecular weight is 563 g/mol. The maximum atomic E-state index is 13.5. The third-order valence-electron chi connectivity index (χ3n) is 7.62. The first-order chi connectivity index (χ1) is 19.6. The summed E-state index contributed by atoms with van der Waals surface area (Å²) in [6.45, 7) is 7.60. The summed E-state index contributed by atoms with van der Waals surface area (Å²) in [6.07, 6.45) is 5.12. The van der Waals surface area contributed by atoms with Gasteiger partial charge in [0.25, 0.3) is 0 Å². The van der Waals surface area contributed by atoms with E-state index in [1.807, 2.05) is 67.8 Å². The lowest BCUT2D eigenvalue weighted by molar-refractivity contribution is -0.129. The molecule has 4 heterocycles. The minimum absolute atomic E-state index is 0.0938. The van der Waals surface area contributed by atoms with Gasteiger partial charge in [-0.25, -0.2) is 14.6 Å². The van der Waals surface area contributed by atoms with Crippen molar-refractivity contribution in [2.24, 2.45) is 0 Å². The molecule has 2 aliphatic rings. The number of ether oxygens (including phenoxy) is 2. The number of hydrogen-bond donors (Lipinski definition) is 0. The van der Waals surface area contributed by atoms with E-state index in [9.17, 15) is 14.4 Å². The standard InChI is InChI=1S/C30H38N6O5/c1-30(2,3)41-29(39)32(4)22-12-16-33(17-13-22)24-7-6-15-34-25(19-31-27(24)34)35-18-14-26(37)36(28(35)38)20-21-8-10-23(40-5)11-9-21/h6-11,15,19,22H,12-14,16-18,20H2,1-5H3. The summed E-state index contributed by atoms with van der Waals surface area (Å²) in [7, 11) is 3.40. The van der Waals surface area contributed by atoms with Crippen LogP contribution in [0.15, 0.2) is 48.8 Å². The highest BCUT2D eigenvalue weighted by molar-refractivity contribution is 6.05. The molecule has 0 bridgehead atoms. The first-order valence-electron chi connectivity index (χ1n) is 14.0. The average Bonchev–Trinajstić information content (AvgIpc) is 3.38. The van der Waals surface area contributed by atoms with Gasteiger partial charge in [0, 0.05) is 45.3 Å². The zero-order valence-electron chi connectivity index (χ0n) is 24.4. The summed E-state index contributed by atoms with van der Waals surface area (Å²) in [5.41, 5.74) is 2.02. The van der Waals surface area contributed by atoms with Crippen molar-refractivity contribution in [1.82, 2.24) is 19.2 Å². The zero-order valence-corrected chi connectivity index (χ0v) is 24.4. The lowest BCUT2D eigenvalue weighted by Gasteiger charge is -2.38. The smallest absolute Gasteiger partial charge is 0.410 e. The van der Waals surface area contributed by atoms with E-state index in [0.29, 0.717) is 11.6 Å². The van der Waals surface area contributed by atoms with E-state index in [-0.39, 0.29) is 43.6 Å². The van der Waals surface area contributed by atoms with Crippen LogP contribution < -0.4 is 14.5 Å². The molecular weight excluding hydrogens is 524 g/mol. The molecule has 0 N–H and O–H groups in total. The predicted molar refractivity (Wildman–Crippen MR) is 155 cm³/mol. The van der Waals surface area contributed by atoms with Crippen molar-refractivity contribution in [2.45, 2.75) is 58.2 Å². The van der Waals surface area contributed by atoms with E-state index < -0.39 is 5.60 Å². The quantitative estimate of drug-likeness (QED) is 0.435. The Morgan fingerprint density at radius 1 is 1.07 bits per heavy atom. The van der Waals surface area contributed by atoms with Crippen molar-refractivity contribution in [3.8, 4) is 5.75 Å². The molecule has 0 aliphatic carbocycles. The highest BCUT2D eigenvalue weighted by atomic mass is 16.6. The molecule has 3 aromatic rings. The number of methoxy groups -OCH3 is 1. The second-order valence-electron chi connectivity index (χ2n) is 11.5. The fraction of sp³-hybridized carbons (Fsp3) is 0.467. The normalized spacial score (nSPS) is 16.9. The number of carbonyl (C=O) groups is 3. The SMILES string of the molecule is COc1ccc(CN2C(=O)CCN(c3cnc4c(N5CCC(N(C)C(=O)OC(C)(C)C)CC5)cccn34)C2=O)cc1. The van der Waals surface area contributed by atoms with Gasteiger partial charge in [-0.15, -0.1) is 0 Å². The predicted octanol–water partition coefficient (Wildman–Crippen LogP) is 4.54. The molecule has 0 radical (unpaired) electrons. The monoisotopic (exact) mass is 562 g/mol. The molecule has 0 saturated carbocycles. The summed E-state index contributed by atoms with van der Waals surface area (Å²) in [6, 6.07) is 11.0. The molecule has 41 heavy (non-hydrogen) atoms. The van der Waals surface area contributed by atoms with Gasteiger partial charge in [0.15, 0.2) is 5.65 Å². The van der Waals surface area contributed by atoms with E-state index in [2.05, 4.69) is 4.90 Å². The van der Waals surface area contributed by atoms with Crippen LogP contribution in [0.1, 0.15) is 45.6 Å². The Morgan fingerprint density at radius 3 is 2.44 bits per heavy atom. The number of hydrogen-bond acceptors (Lipinski definition) is 7. The van der Waals surface area contributed by atoms with Gasteiger partial charge in [0.1, 0.15) is 17.2 Å². The number of piperidine rings is 1. The van der Waals surface area contributed by atoms with Crippen LogP contribution in [0.2, 0.25) is 0 Å². The van der Waals surface area contributed by atoms with Crippen LogP contribution in [0.4, 0.5) is 21.1 Å². The van der Waals surface area contributed by atoms with E-state index in [1.165, 1.54) is 4.90 Å². The maximum absolute atomic E-state index is 13.5. The molecule has 11 heteroatoms. The van der Waals surface area contributed by atoms with Crippen LogP contribution >= 0.6 is 0 Å². The van der Waals surface area contributed by atoms with Crippen molar-refractivity contribution < 1.29 is 23.9 Å². The van der Waals surface area contributed by atoms with E-state index in [0.717, 1.165) is 42.8 Å². The Balaban J connectivity index is 1.30. The highest BCUT2D eigenvalue weighted by Gasteiger charge is 2.35. The second-order valence-corrected chi connectivity index (χ2v) is 11.5. The highest BCUT2D eigenvalue weighted by Crippen LogP contribution is 2.30. The van der Waals surface area contributed by atoms with E-state index >= 15 is 0 Å². The molecule has 1 aromatic carbocycles.